The number of hydrogen-bond donors (Lipinski definition) is 0. The summed E-state index contributed by atoms with van der Waals surface area (Å²) in [6, 6.07) is 16.4. The van der Waals surface area contributed by atoms with Gasteiger partial charge in [0.05, 0.1) is 6.42 Å². The third-order valence-corrected chi connectivity index (χ3v) is 3.32. The third-order valence-electron chi connectivity index (χ3n) is 3.32. The molecule has 0 bridgehead atoms. The number of hydrogen-bond acceptors (Lipinski definition) is 2. The number of carbonyl (C=O) groups is 2. The standard InChI is InChI=1S/C18H18O2.C2H6/c1-13(2)14-8-10-16(11-9-14)18(20)12-17(19)15-6-4-3-5-7-15;1-2/h3-11,13H,12H2,1-2H3;1-2H3. The molecule has 0 fully saturated rings. The van der Waals surface area contributed by atoms with Crippen molar-refractivity contribution in [1.29, 1.82) is 0 Å². The van der Waals surface area contributed by atoms with Crippen molar-refractivity contribution in [2.75, 3.05) is 0 Å². The minimum Gasteiger partial charge on any atom is -0.294 e. The summed E-state index contributed by atoms with van der Waals surface area (Å²) in [6.45, 7) is 8.21. The van der Waals surface area contributed by atoms with Crippen molar-refractivity contribution in [2.45, 2.75) is 40.0 Å². The normalized spacial score (nSPS) is 9.86. The van der Waals surface area contributed by atoms with Crippen LogP contribution in [0, 0.1) is 0 Å². The highest BCUT2D eigenvalue weighted by Crippen LogP contribution is 2.16. The number of rotatable bonds is 5. The van der Waals surface area contributed by atoms with Crippen molar-refractivity contribution >= 4 is 11.6 Å². The summed E-state index contributed by atoms with van der Waals surface area (Å²) in [7, 11) is 0. The molecule has 0 aliphatic carbocycles. The van der Waals surface area contributed by atoms with E-state index in [-0.39, 0.29) is 18.0 Å². The fraction of sp³-hybridized carbons (Fsp3) is 0.300. The molecule has 0 heterocycles. The minimum absolute atomic E-state index is 0.0783. The van der Waals surface area contributed by atoms with Crippen LogP contribution in [0.2, 0.25) is 0 Å². The van der Waals surface area contributed by atoms with Crippen LogP contribution in [0.5, 0.6) is 0 Å². The second-order valence-electron chi connectivity index (χ2n) is 5.17. The van der Waals surface area contributed by atoms with Crippen LogP contribution >= 0.6 is 0 Å². The fourth-order valence-corrected chi connectivity index (χ4v) is 2.03. The van der Waals surface area contributed by atoms with Gasteiger partial charge in [-0.2, -0.15) is 0 Å². The van der Waals surface area contributed by atoms with Gasteiger partial charge in [-0.05, 0) is 11.5 Å². The Bertz CT molecular complexity index is 595. The van der Waals surface area contributed by atoms with Gasteiger partial charge in [0.2, 0.25) is 0 Å². The van der Waals surface area contributed by atoms with E-state index in [0.717, 1.165) is 0 Å². The minimum atomic E-state index is -0.136. The monoisotopic (exact) mass is 296 g/mol. The van der Waals surface area contributed by atoms with E-state index in [4.69, 9.17) is 0 Å². The molecule has 2 aromatic rings. The highest BCUT2D eigenvalue weighted by molar-refractivity contribution is 6.13. The molecule has 0 saturated carbocycles. The van der Waals surface area contributed by atoms with E-state index in [2.05, 4.69) is 13.8 Å². The molecule has 0 aromatic heterocycles. The van der Waals surface area contributed by atoms with E-state index in [0.29, 0.717) is 17.0 Å². The van der Waals surface area contributed by atoms with Gasteiger partial charge in [-0.3, -0.25) is 9.59 Å². The molecule has 116 valence electrons. The smallest absolute Gasteiger partial charge is 0.170 e. The van der Waals surface area contributed by atoms with E-state index in [1.54, 1.807) is 36.4 Å². The molecule has 2 aromatic carbocycles. The maximum atomic E-state index is 12.1. The molecule has 2 nitrogen and oxygen atoms in total. The largest absolute Gasteiger partial charge is 0.294 e. The van der Waals surface area contributed by atoms with Crippen LogP contribution in [0.15, 0.2) is 54.6 Å². The van der Waals surface area contributed by atoms with Gasteiger partial charge in [0, 0.05) is 11.1 Å². The molecule has 2 rings (SSSR count). The van der Waals surface area contributed by atoms with E-state index in [1.807, 2.05) is 32.0 Å². The van der Waals surface area contributed by atoms with Crippen LogP contribution < -0.4 is 0 Å². The van der Waals surface area contributed by atoms with Crippen molar-refractivity contribution in [3.63, 3.8) is 0 Å². The number of ketones is 2. The van der Waals surface area contributed by atoms with Gasteiger partial charge >= 0.3 is 0 Å². The fourth-order valence-electron chi connectivity index (χ4n) is 2.03. The van der Waals surface area contributed by atoms with Crippen LogP contribution in [0.25, 0.3) is 0 Å². The van der Waals surface area contributed by atoms with Gasteiger partial charge in [0.25, 0.3) is 0 Å². The Morgan fingerprint density at radius 2 is 1.23 bits per heavy atom. The molecule has 0 amide bonds. The maximum Gasteiger partial charge on any atom is 0.170 e. The molecular formula is C20H24O2. The Balaban J connectivity index is 0.00000116. The molecule has 0 aliphatic heterocycles. The third kappa shape index (κ3) is 4.96. The van der Waals surface area contributed by atoms with Crippen molar-refractivity contribution in [3.8, 4) is 0 Å². The lowest BCUT2D eigenvalue weighted by atomic mass is 9.98. The molecule has 0 spiro atoms. The van der Waals surface area contributed by atoms with Crippen molar-refractivity contribution < 1.29 is 9.59 Å². The van der Waals surface area contributed by atoms with Crippen molar-refractivity contribution in [3.05, 3.63) is 71.3 Å². The number of carbonyl (C=O) groups excluding carboxylic acids is 2. The lowest BCUT2D eigenvalue weighted by Gasteiger charge is -2.06. The predicted octanol–water partition coefficient (Wildman–Crippen LogP) is 5.29. The maximum absolute atomic E-state index is 12.1. The van der Waals surface area contributed by atoms with Crippen molar-refractivity contribution in [1.82, 2.24) is 0 Å². The average molecular weight is 296 g/mol. The molecule has 22 heavy (non-hydrogen) atoms. The zero-order chi connectivity index (χ0) is 16.5. The second-order valence-corrected chi connectivity index (χ2v) is 5.17. The summed E-state index contributed by atoms with van der Waals surface area (Å²) in [5.74, 6) is 0.169. The van der Waals surface area contributed by atoms with Gasteiger partial charge in [-0.1, -0.05) is 82.3 Å². The van der Waals surface area contributed by atoms with E-state index in [9.17, 15) is 9.59 Å². The van der Waals surface area contributed by atoms with E-state index in [1.165, 1.54) is 5.56 Å². The van der Waals surface area contributed by atoms with Gasteiger partial charge < -0.3 is 0 Å². The van der Waals surface area contributed by atoms with Gasteiger partial charge in [0.1, 0.15) is 0 Å². The van der Waals surface area contributed by atoms with Crippen LogP contribution in [0.3, 0.4) is 0 Å². The summed E-state index contributed by atoms with van der Waals surface area (Å²) in [5, 5.41) is 0. The molecular weight excluding hydrogens is 272 g/mol. The number of Topliss-reactive ketones (excluding diaryl/α,β-unsaturated/α-hetero) is 2. The Kier molecular flexibility index (Phi) is 7.24. The number of benzene rings is 2. The van der Waals surface area contributed by atoms with Crippen molar-refractivity contribution in [2.24, 2.45) is 0 Å². The first-order chi connectivity index (χ1) is 10.6. The van der Waals surface area contributed by atoms with Crippen LogP contribution in [0.1, 0.15) is 66.3 Å². The molecule has 0 radical (unpaired) electrons. The molecule has 0 aliphatic rings. The Morgan fingerprint density at radius 3 is 1.68 bits per heavy atom. The highest BCUT2D eigenvalue weighted by Gasteiger charge is 2.13. The first-order valence-electron chi connectivity index (χ1n) is 7.79. The lowest BCUT2D eigenvalue weighted by Crippen LogP contribution is -2.08. The summed E-state index contributed by atoms with van der Waals surface area (Å²) >= 11 is 0. The van der Waals surface area contributed by atoms with Crippen LogP contribution in [-0.4, -0.2) is 11.6 Å². The topological polar surface area (TPSA) is 34.1 Å². The summed E-state index contributed by atoms with van der Waals surface area (Å²) < 4.78 is 0. The molecule has 0 N–H and O–H groups in total. The Labute approximate surface area is 133 Å². The zero-order valence-electron chi connectivity index (χ0n) is 13.8. The quantitative estimate of drug-likeness (QED) is 0.555. The zero-order valence-corrected chi connectivity index (χ0v) is 13.8. The molecule has 2 heteroatoms. The summed E-state index contributed by atoms with van der Waals surface area (Å²) in [5.41, 5.74) is 2.37. The van der Waals surface area contributed by atoms with Gasteiger partial charge in [-0.25, -0.2) is 0 Å². The van der Waals surface area contributed by atoms with E-state index >= 15 is 0 Å². The predicted molar refractivity (Wildman–Crippen MR) is 91.6 cm³/mol. The summed E-state index contributed by atoms with van der Waals surface area (Å²) in [4.78, 5) is 24.1. The highest BCUT2D eigenvalue weighted by atomic mass is 16.1. The molecule has 0 unspecified atom stereocenters. The first kappa shape index (κ1) is 17.8. The van der Waals surface area contributed by atoms with Crippen LogP contribution in [-0.2, 0) is 0 Å². The second kappa shape index (κ2) is 8.93. The SMILES string of the molecule is CC.CC(C)c1ccc(C(=O)CC(=O)c2ccccc2)cc1. The van der Waals surface area contributed by atoms with Gasteiger partial charge in [-0.15, -0.1) is 0 Å². The van der Waals surface area contributed by atoms with Gasteiger partial charge in [0.15, 0.2) is 11.6 Å². The molecule has 0 saturated heterocycles. The lowest BCUT2D eigenvalue weighted by molar-refractivity contribution is 0.0894. The van der Waals surface area contributed by atoms with E-state index < -0.39 is 0 Å². The Hall–Kier alpha value is -2.22. The average Bonchev–Trinajstić information content (AvgIpc) is 2.57. The first-order valence-corrected chi connectivity index (χ1v) is 7.79. The van der Waals surface area contributed by atoms with Crippen LogP contribution in [0.4, 0.5) is 0 Å². The molecule has 0 atom stereocenters. The summed E-state index contributed by atoms with van der Waals surface area (Å²) in [6.07, 6.45) is -0.0783. The Morgan fingerprint density at radius 1 is 0.773 bits per heavy atom.